The molecule has 1 aliphatic heterocycles. The number of aryl methyl sites for hydroxylation is 1. The molecule has 0 aliphatic carbocycles. The molecule has 1 aliphatic rings. The topological polar surface area (TPSA) is 36.3 Å². The van der Waals surface area contributed by atoms with Crippen LogP contribution in [0.5, 0.6) is 0 Å². The van der Waals surface area contributed by atoms with Crippen LogP contribution < -0.4 is 0 Å². The fourth-order valence-electron chi connectivity index (χ4n) is 2.31. The first-order valence-corrected chi connectivity index (χ1v) is 7.60. The van der Waals surface area contributed by atoms with Gasteiger partial charge in [0.1, 0.15) is 0 Å². The van der Waals surface area contributed by atoms with Crippen LogP contribution in [0.2, 0.25) is 6.32 Å². The molecule has 0 N–H and O–H groups in total. The van der Waals surface area contributed by atoms with E-state index in [2.05, 4.69) is 58.9 Å². The number of hydrogen-bond donors (Lipinski definition) is 0. The van der Waals surface area contributed by atoms with Crippen LogP contribution >= 0.6 is 0 Å². The van der Waals surface area contributed by atoms with E-state index in [0.29, 0.717) is 5.92 Å². The van der Waals surface area contributed by atoms with E-state index in [-0.39, 0.29) is 18.3 Å². The maximum atomic E-state index is 5.99. The van der Waals surface area contributed by atoms with Crippen LogP contribution in [0, 0.1) is 0 Å². The normalized spacial score (nSPS) is 20.9. The molecule has 0 radical (unpaired) electrons. The van der Waals surface area contributed by atoms with Crippen molar-refractivity contribution in [2.24, 2.45) is 0 Å². The summed E-state index contributed by atoms with van der Waals surface area (Å²) in [5.74, 6) is 0.486. The quantitative estimate of drug-likeness (QED) is 0.773. The van der Waals surface area contributed by atoms with Gasteiger partial charge >= 0.3 is 7.12 Å². The number of nitrogens with zero attached hydrogens (tertiary/aromatic N) is 2. The predicted molar refractivity (Wildman–Crippen MR) is 81.8 cm³/mol. The highest BCUT2D eigenvalue weighted by molar-refractivity contribution is 6.45. The second kappa shape index (κ2) is 5.53. The van der Waals surface area contributed by atoms with Gasteiger partial charge in [-0.1, -0.05) is 13.8 Å². The van der Waals surface area contributed by atoms with Crippen molar-refractivity contribution in [3.05, 3.63) is 18.0 Å². The van der Waals surface area contributed by atoms with Gasteiger partial charge in [-0.3, -0.25) is 4.68 Å². The molecular formula is C15H27BN2O2. The first-order chi connectivity index (χ1) is 9.21. The van der Waals surface area contributed by atoms with E-state index in [9.17, 15) is 0 Å². The number of aromatic nitrogens is 2. The van der Waals surface area contributed by atoms with Crippen molar-refractivity contribution >= 4 is 7.12 Å². The Labute approximate surface area is 123 Å². The Morgan fingerprint density at radius 3 is 2.30 bits per heavy atom. The Hall–Kier alpha value is -0.805. The van der Waals surface area contributed by atoms with Crippen LogP contribution in [0.15, 0.2) is 12.3 Å². The van der Waals surface area contributed by atoms with Gasteiger partial charge in [0, 0.05) is 12.7 Å². The summed E-state index contributed by atoms with van der Waals surface area (Å²) in [4.78, 5) is 0. The summed E-state index contributed by atoms with van der Waals surface area (Å²) >= 11 is 0. The van der Waals surface area contributed by atoms with Crippen LogP contribution in [-0.4, -0.2) is 28.1 Å². The van der Waals surface area contributed by atoms with Gasteiger partial charge in [-0.15, -0.1) is 0 Å². The molecule has 0 aromatic carbocycles. The average Bonchev–Trinajstić information content (AvgIpc) is 2.83. The summed E-state index contributed by atoms with van der Waals surface area (Å²) in [5, 5.41) is 4.57. The molecule has 4 nitrogen and oxygen atoms in total. The fourth-order valence-corrected chi connectivity index (χ4v) is 2.31. The summed E-state index contributed by atoms with van der Waals surface area (Å²) in [7, 11) is -0.0971. The van der Waals surface area contributed by atoms with Crippen molar-refractivity contribution < 1.29 is 9.31 Å². The predicted octanol–water partition coefficient (Wildman–Crippen LogP) is 3.49. The van der Waals surface area contributed by atoms with Crippen molar-refractivity contribution in [2.45, 2.75) is 77.9 Å². The Morgan fingerprint density at radius 2 is 1.80 bits per heavy atom. The van der Waals surface area contributed by atoms with Crippen LogP contribution in [0.3, 0.4) is 0 Å². The van der Waals surface area contributed by atoms with Gasteiger partial charge in [0.15, 0.2) is 0 Å². The van der Waals surface area contributed by atoms with Gasteiger partial charge in [-0.2, -0.15) is 5.10 Å². The first-order valence-electron chi connectivity index (χ1n) is 7.60. The maximum Gasteiger partial charge on any atom is 0.457 e. The minimum Gasteiger partial charge on any atom is -0.403 e. The van der Waals surface area contributed by atoms with E-state index in [0.717, 1.165) is 25.0 Å². The third kappa shape index (κ3) is 3.26. The van der Waals surface area contributed by atoms with Crippen molar-refractivity contribution in [1.29, 1.82) is 0 Å². The maximum absolute atomic E-state index is 5.99. The molecule has 0 saturated carbocycles. The SMILES string of the molecule is CC(C)c1ccn(CCCB2OC(C)(C)C(C)(C)O2)n1. The molecular weight excluding hydrogens is 251 g/mol. The lowest BCUT2D eigenvalue weighted by Crippen LogP contribution is -2.41. The Balaban J connectivity index is 1.79. The van der Waals surface area contributed by atoms with E-state index in [1.807, 2.05) is 4.68 Å². The highest BCUT2D eigenvalue weighted by Crippen LogP contribution is 2.37. The Bertz CT molecular complexity index is 438. The summed E-state index contributed by atoms with van der Waals surface area (Å²) < 4.78 is 14.0. The first kappa shape index (κ1) is 15.6. The van der Waals surface area contributed by atoms with Crippen molar-refractivity contribution in [3.63, 3.8) is 0 Å². The van der Waals surface area contributed by atoms with Crippen LogP contribution in [-0.2, 0) is 15.9 Å². The second-order valence-electron chi connectivity index (χ2n) is 6.99. The van der Waals surface area contributed by atoms with E-state index in [1.54, 1.807) is 0 Å². The molecule has 2 rings (SSSR count). The molecule has 1 fully saturated rings. The molecule has 1 saturated heterocycles. The minimum absolute atomic E-state index is 0.0971. The largest absolute Gasteiger partial charge is 0.457 e. The smallest absolute Gasteiger partial charge is 0.403 e. The van der Waals surface area contributed by atoms with Gasteiger partial charge in [0.2, 0.25) is 0 Å². The minimum atomic E-state index is -0.228. The fraction of sp³-hybridized carbons (Fsp3) is 0.800. The standard InChI is InChI=1S/C15H27BN2O2/c1-12(2)13-8-11-18(17-13)10-7-9-16-19-14(3,4)15(5,6)20-16/h8,11-12H,7,9-10H2,1-6H3. The van der Waals surface area contributed by atoms with E-state index in [4.69, 9.17) is 9.31 Å². The van der Waals surface area contributed by atoms with Gasteiger partial charge in [0.05, 0.1) is 16.9 Å². The van der Waals surface area contributed by atoms with E-state index in [1.165, 1.54) is 0 Å². The zero-order valence-electron chi connectivity index (χ0n) is 13.6. The van der Waals surface area contributed by atoms with Crippen LogP contribution in [0.25, 0.3) is 0 Å². The summed E-state index contributed by atoms with van der Waals surface area (Å²) in [6.07, 6.45) is 3.97. The van der Waals surface area contributed by atoms with Crippen molar-refractivity contribution in [2.75, 3.05) is 0 Å². The highest BCUT2D eigenvalue weighted by Gasteiger charge is 2.50. The van der Waals surface area contributed by atoms with Gasteiger partial charge < -0.3 is 9.31 Å². The van der Waals surface area contributed by atoms with E-state index >= 15 is 0 Å². The molecule has 0 unspecified atom stereocenters. The summed E-state index contributed by atoms with van der Waals surface area (Å²) in [5.41, 5.74) is 0.697. The zero-order valence-corrected chi connectivity index (χ0v) is 13.6. The van der Waals surface area contributed by atoms with Gasteiger partial charge in [0.25, 0.3) is 0 Å². The molecule has 5 heteroatoms. The molecule has 0 amide bonds. The molecule has 112 valence electrons. The second-order valence-corrected chi connectivity index (χ2v) is 6.99. The third-order valence-corrected chi connectivity index (χ3v) is 4.38. The highest BCUT2D eigenvalue weighted by atomic mass is 16.7. The molecule has 0 spiro atoms. The molecule has 1 aromatic heterocycles. The lowest BCUT2D eigenvalue weighted by atomic mass is 9.83. The molecule has 2 heterocycles. The number of rotatable bonds is 5. The molecule has 20 heavy (non-hydrogen) atoms. The van der Waals surface area contributed by atoms with Crippen molar-refractivity contribution in [1.82, 2.24) is 9.78 Å². The van der Waals surface area contributed by atoms with E-state index < -0.39 is 0 Å². The number of hydrogen-bond acceptors (Lipinski definition) is 3. The van der Waals surface area contributed by atoms with Crippen LogP contribution in [0.4, 0.5) is 0 Å². The average molecular weight is 278 g/mol. The van der Waals surface area contributed by atoms with Gasteiger partial charge in [-0.25, -0.2) is 0 Å². The lowest BCUT2D eigenvalue weighted by Gasteiger charge is -2.32. The zero-order chi connectivity index (χ0) is 15.0. The lowest BCUT2D eigenvalue weighted by molar-refractivity contribution is 0.00578. The third-order valence-electron chi connectivity index (χ3n) is 4.38. The monoisotopic (exact) mass is 278 g/mol. The van der Waals surface area contributed by atoms with Crippen LogP contribution in [0.1, 0.15) is 59.6 Å². The molecule has 0 bridgehead atoms. The summed E-state index contributed by atoms with van der Waals surface area (Å²) in [6, 6.07) is 2.10. The molecule has 1 aromatic rings. The Kier molecular flexibility index (Phi) is 4.31. The van der Waals surface area contributed by atoms with Gasteiger partial charge in [-0.05, 0) is 52.4 Å². The Morgan fingerprint density at radius 1 is 1.20 bits per heavy atom. The summed E-state index contributed by atoms with van der Waals surface area (Å²) in [6.45, 7) is 13.6. The van der Waals surface area contributed by atoms with Crippen molar-refractivity contribution in [3.8, 4) is 0 Å². The molecule has 0 atom stereocenters.